The molecule has 7 nitrogen and oxygen atoms in total. The molecule has 132 valence electrons. The number of halogens is 3. The van der Waals surface area contributed by atoms with E-state index in [0.29, 0.717) is 11.2 Å². The summed E-state index contributed by atoms with van der Waals surface area (Å²) in [7, 11) is 0. The van der Waals surface area contributed by atoms with Gasteiger partial charge in [-0.1, -0.05) is 16.6 Å². The molecule has 0 aliphatic carbocycles. The number of aromatic nitrogens is 4. The van der Waals surface area contributed by atoms with Crippen molar-refractivity contribution in [3.63, 3.8) is 0 Å². The first-order valence-electron chi connectivity index (χ1n) is 7.30. The number of hydrogen-bond acceptors (Lipinski definition) is 5. The van der Waals surface area contributed by atoms with E-state index < -0.39 is 29.0 Å². The van der Waals surface area contributed by atoms with Crippen LogP contribution >= 0.6 is 0 Å². The molecule has 0 fully saturated rings. The zero-order valence-electron chi connectivity index (χ0n) is 12.8. The highest BCUT2D eigenvalue weighted by molar-refractivity contribution is 5.75. The molecule has 0 radical (unpaired) electrons. The number of phenols is 2. The number of nitrogens with zero attached hydrogens (tertiary/aromatic N) is 4. The molecule has 2 aromatic carbocycles. The molecule has 0 bridgehead atoms. The van der Waals surface area contributed by atoms with Crippen molar-refractivity contribution < 1.29 is 32.7 Å². The summed E-state index contributed by atoms with van der Waals surface area (Å²) < 4.78 is 40.5. The molecule has 0 amide bonds. The van der Waals surface area contributed by atoms with Crippen LogP contribution in [0.3, 0.4) is 0 Å². The van der Waals surface area contributed by atoms with Gasteiger partial charge in [0.1, 0.15) is 28.0 Å². The minimum Gasteiger partial charge on any atom is -0.507 e. The van der Waals surface area contributed by atoms with Crippen molar-refractivity contribution in [1.82, 2.24) is 15.0 Å². The average Bonchev–Trinajstić information content (AvgIpc) is 3.00. The number of rotatable bonds is 2. The van der Waals surface area contributed by atoms with E-state index in [1.54, 1.807) is 30.5 Å². The number of para-hydroxylation sites is 1. The van der Waals surface area contributed by atoms with Crippen molar-refractivity contribution in [3.8, 4) is 17.2 Å². The van der Waals surface area contributed by atoms with Gasteiger partial charge in [-0.15, -0.1) is 4.98 Å². The predicted octanol–water partition coefficient (Wildman–Crippen LogP) is 2.44. The van der Waals surface area contributed by atoms with Crippen LogP contribution in [-0.4, -0.2) is 25.3 Å². The number of aromatic hydroxyl groups is 2. The number of hydrogen-bond donors (Lipinski definition) is 2. The Balaban J connectivity index is 1.88. The predicted molar refractivity (Wildman–Crippen MR) is 81.5 cm³/mol. The van der Waals surface area contributed by atoms with Crippen LogP contribution in [0.25, 0.3) is 16.6 Å². The Kier molecular flexibility index (Phi) is 3.36. The lowest BCUT2D eigenvalue weighted by Gasteiger charge is -2.13. The quantitative estimate of drug-likeness (QED) is 0.535. The van der Waals surface area contributed by atoms with Gasteiger partial charge in [-0.3, -0.25) is 0 Å². The Bertz CT molecular complexity index is 1140. The molecule has 0 spiro atoms. The number of benzene rings is 2. The van der Waals surface area contributed by atoms with E-state index >= 15 is 0 Å². The average molecular weight is 363 g/mol. The van der Waals surface area contributed by atoms with Gasteiger partial charge in [-0.2, -0.15) is 13.2 Å². The molecule has 0 saturated heterocycles. The number of phenolic OH excluding ortho intramolecular Hbond substituents is 2. The normalized spacial score (nSPS) is 12.0. The minimum absolute atomic E-state index is 0.387. The second kappa shape index (κ2) is 5.48. The molecule has 0 atom stereocenters. The first-order valence-corrected chi connectivity index (χ1v) is 7.30. The zero-order chi connectivity index (χ0) is 18.5. The van der Waals surface area contributed by atoms with Crippen molar-refractivity contribution in [2.24, 2.45) is 0 Å². The third-order valence-corrected chi connectivity index (χ3v) is 3.74. The zero-order valence-corrected chi connectivity index (χ0v) is 12.8. The number of fused-ring (bicyclic) bond motifs is 3. The Labute approximate surface area is 143 Å². The van der Waals surface area contributed by atoms with Gasteiger partial charge in [0.25, 0.3) is 0 Å². The Morgan fingerprint density at radius 3 is 2.58 bits per heavy atom. The summed E-state index contributed by atoms with van der Waals surface area (Å²) in [6, 6.07) is 8.91. The molecule has 4 rings (SSSR count). The topological polar surface area (TPSA) is 84.5 Å². The third-order valence-electron chi connectivity index (χ3n) is 3.74. The summed E-state index contributed by atoms with van der Waals surface area (Å²) in [6.07, 6.45) is -1.98. The molecule has 0 aliphatic rings. The standard InChI is InChI=1S/C16H9F3N4O3/c17-16(18,19)14-11(24)5-6-12(15(14)25)26-23-21-8-13-20-7-9-3-1-2-4-10(9)22(13)23/h1-8H,(H-,24,25)/p+1. The van der Waals surface area contributed by atoms with Crippen LogP contribution in [0.4, 0.5) is 13.2 Å². The van der Waals surface area contributed by atoms with Gasteiger partial charge >= 0.3 is 11.8 Å². The van der Waals surface area contributed by atoms with E-state index in [2.05, 4.69) is 10.1 Å². The molecule has 26 heavy (non-hydrogen) atoms. The van der Waals surface area contributed by atoms with Crippen molar-refractivity contribution in [2.45, 2.75) is 6.18 Å². The van der Waals surface area contributed by atoms with E-state index in [1.807, 2.05) is 0 Å². The second-order valence-electron chi connectivity index (χ2n) is 5.38. The fourth-order valence-corrected chi connectivity index (χ4v) is 2.59. The smallest absolute Gasteiger partial charge is 0.423 e. The van der Waals surface area contributed by atoms with Crippen LogP contribution in [-0.2, 0) is 6.18 Å². The van der Waals surface area contributed by atoms with Crippen LogP contribution < -0.4 is 9.35 Å². The second-order valence-corrected chi connectivity index (χ2v) is 5.38. The summed E-state index contributed by atoms with van der Waals surface area (Å²) >= 11 is 0. The van der Waals surface area contributed by atoms with E-state index in [1.165, 1.54) is 10.7 Å². The van der Waals surface area contributed by atoms with Crippen LogP contribution in [0, 0.1) is 0 Å². The van der Waals surface area contributed by atoms with E-state index in [0.717, 1.165) is 22.5 Å². The lowest BCUT2D eigenvalue weighted by Crippen LogP contribution is -2.38. The maximum atomic E-state index is 13.0. The molecular formula is C16H10F3N4O3+. The maximum Gasteiger partial charge on any atom is 0.423 e. The van der Waals surface area contributed by atoms with E-state index in [9.17, 15) is 23.4 Å². The SMILES string of the molecule is Oc1ccc(On2ncc3ncc4ccccc4[n+]32)c(O)c1C(F)(F)F. The Morgan fingerprint density at radius 1 is 1.04 bits per heavy atom. The summed E-state index contributed by atoms with van der Waals surface area (Å²) in [4.78, 5) is 10.4. The lowest BCUT2D eigenvalue weighted by molar-refractivity contribution is -0.626. The van der Waals surface area contributed by atoms with E-state index in [4.69, 9.17) is 4.84 Å². The molecule has 2 N–H and O–H groups in total. The van der Waals surface area contributed by atoms with Gasteiger partial charge in [0.2, 0.25) is 11.9 Å². The van der Waals surface area contributed by atoms with Crippen LogP contribution in [0.1, 0.15) is 5.56 Å². The maximum absolute atomic E-state index is 13.0. The summed E-state index contributed by atoms with van der Waals surface area (Å²) in [5.74, 6) is -2.87. The van der Waals surface area contributed by atoms with Gasteiger partial charge in [-0.05, 0) is 24.3 Å². The van der Waals surface area contributed by atoms with Gasteiger partial charge in [-0.25, -0.2) is 0 Å². The van der Waals surface area contributed by atoms with Crippen LogP contribution in [0.15, 0.2) is 48.8 Å². The lowest BCUT2D eigenvalue weighted by atomic mass is 10.1. The van der Waals surface area contributed by atoms with Gasteiger partial charge in [0, 0.05) is 5.10 Å². The highest BCUT2D eigenvalue weighted by Crippen LogP contribution is 2.45. The highest BCUT2D eigenvalue weighted by atomic mass is 19.4. The molecule has 2 aromatic heterocycles. The minimum atomic E-state index is -4.96. The van der Waals surface area contributed by atoms with Crippen molar-refractivity contribution >= 4 is 16.6 Å². The fraction of sp³-hybridized carbons (Fsp3) is 0.0625. The molecule has 2 heterocycles. The van der Waals surface area contributed by atoms with Gasteiger partial charge < -0.3 is 15.1 Å². The summed E-state index contributed by atoms with van der Waals surface area (Å²) in [6.45, 7) is 0. The Hall–Kier alpha value is -3.56. The Morgan fingerprint density at radius 2 is 1.81 bits per heavy atom. The third kappa shape index (κ3) is 2.42. The number of alkyl halides is 3. The summed E-state index contributed by atoms with van der Waals surface area (Å²) in [5.41, 5.74) is -0.554. The first kappa shape index (κ1) is 15.9. The molecule has 4 aromatic rings. The monoisotopic (exact) mass is 363 g/mol. The van der Waals surface area contributed by atoms with Crippen molar-refractivity contribution in [2.75, 3.05) is 0 Å². The van der Waals surface area contributed by atoms with Crippen LogP contribution in [0.5, 0.6) is 17.2 Å². The first-order chi connectivity index (χ1) is 12.4. The molecule has 10 heteroatoms. The fourth-order valence-electron chi connectivity index (χ4n) is 2.59. The van der Waals surface area contributed by atoms with Crippen LogP contribution in [0.2, 0.25) is 0 Å². The van der Waals surface area contributed by atoms with Crippen molar-refractivity contribution in [3.05, 3.63) is 54.4 Å². The van der Waals surface area contributed by atoms with Gasteiger partial charge in [0.05, 0.1) is 5.39 Å². The molecule has 0 unspecified atom stereocenters. The van der Waals surface area contributed by atoms with E-state index in [-0.39, 0.29) is 0 Å². The summed E-state index contributed by atoms with van der Waals surface area (Å²) in [5, 5.41) is 24.0. The highest BCUT2D eigenvalue weighted by Gasteiger charge is 2.39. The van der Waals surface area contributed by atoms with Crippen molar-refractivity contribution in [1.29, 1.82) is 0 Å². The molecule has 0 saturated carbocycles. The largest absolute Gasteiger partial charge is 0.507 e. The van der Waals surface area contributed by atoms with Gasteiger partial charge in [0.15, 0.2) is 5.75 Å². The molecular weight excluding hydrogens is 353 g/mol. The molecule has 0 aliphatic heterocycles.